The van der Waals surface area contributed by atoms with E-state index in [0.29, 0.717) is 24.1 Å². The number of hydrogen-bond donors (Lipinski definition) is 2. The third-order valence-corrected chi connectivity index (χ3v) is 8.20. The Hall–Kier alpha value is -3.49. The van der Waals surface area contributed by atoms with Crippen LogP contribution < -0.4 is 10.6 Å². The van der Waals surface area contributed by atoms with Gasteiger partial charge in [-0.05, 0) is 49.6 Å². The van der Waals surface area contributed by atoms with Gasteiger partial charge in [-0.1, -0.05) is 60.7 Å². The van der Waals surface area contributed by atoms with E-state index in [2.05, 4.69) is 10.6 Å². The molecule has 182 valence electrons. The molecule has 1 atom stereocenters. The Morgan fingerprint density at radius 1 is 0.857 bits per heavy atom. The van der Waals surface area contributed by atoms with Crippen LogP contribution in [0.1, 0.15) is 41.7 Å². The van der Waals surface area contributed by atoms with Crippen LogP contribution in [-0.4, -0.2) is 37.6 Å². The molecular formula is C27H29N3O4S. The first-order valence-electron chi connectivity index (χ1n) is 11.7. The molecule has 1 aliphatic heterocycles. The largest absolute Gasteiger partial charge is 0.345 e. The van der Waals surface area contributed by atoms with Gasteiger partial charge in [-0.3, -0.25) is 9.59 Å². The van der Waals surface area contributed by atoms with Crippen molar-refractivity contribution >= 4 is 27.5 Å². The lowest BCUT2D eigenvalue weighted by atomic mass is 9.97. The van der Waals surface area contributed by atoms with Crippen molar-refractivity contribution in [3.8, 4) is 0 Å². The summed E-state index contributed by atoms with van der Waals surface area (Å²) in [6.45, 7) is 2.45. The molecule has 8 heteroatoms. The predicted octanol–water partition coefficient (Wildman–Crippen LogP) is 4.22. The number of nitrogens with one attached hydrogen (secondary N) is 2. The van der Waals surface area contributed by atoms with E-state index in [0.717, 1.165) is 5.56 Å². The maximum absolute atomic E-state index is 13.0. The number of carbonyl (C=O) groups is 2. The molecule has 0 saturated carbocycles. The maximum Gasteiger partial charge on any atom is 0.253 e. The van der Waals surface area contributed by atoms with Crippen LogP contribution in [0.25, 0.3) is 0 Å². The fourth-order valence-corrected chi connectivity index (χ4v) is 5.71. The number of benzene rings is 3. The molecule has 1 saturated heterocycles. The summed E-state index contributed by atoms with van der Waals surface area (Å²) in [7, 11) is -3.57. The minimum absolute atomic E-state index is 0.191. The number of rotatable bonds is 7. The van der Waals surface area contributed by atoms with E-state index in [-0.39, 0.29) is 41.8 Å². The summed E-state index contributed by atoms with van der Waals surface area (Å²) >= 11 is 0. The SMILES string of the molecule is C[C@@H](NC(=O)c1ccccc1NC(=O)C1CCN(S(=O)(=O)c2ccccc2)CC1)c1ccccc1. The van der Waals surface area contributed by atoms with Crippen molar-refractivity contribution in [3.63, 3.8) is 0 Å². The molecular weight excluding hydrogens is 462 g/mol. The van der Waals surface area contributed by atoms with E-state index in [4.69, 9.17) is 0 Å². The van der Waals surface area contributed by atoms with Gasteiger partial charge in [0.05, 0.1) is 22.2 Å². The van der Waals surface area contributed by atoms with E-state index in [1.165, 1.54) is 4.31 Å². The van der Waals surface area contributed by atoms with Gasteiger partial charge in [-0.2, -0.15) is 4.31 Å². The fraction of sp³-hybridized carbons (Fsp3) is 0.259. The second kappa shape index (κ2) is 10.8. The number of sulfonamides is 1. The molecule has 4 rings (SSSR count). The third-order valence-electron chi connectivity index (χ3n) is 6.28. The van der Waals surface area contributed by atoms with Gasteiger partial charge in [0.2, 0.25) is 15.9 Å². The number of amides is 2. The van der Waals surface area contributed by atoms with Crippen molar-refractivity contribution in [1.82, 2.24) is 9.62 Å². The summed E-state index contributed by atoms with van der Waals surface area (Å²) in [5.41, 5.74) is 1.81. The molecule has 1 fully saturated rings. The highest BCUT2D eigenvalue weighted by molar-refractivity contribution is 7.89. The Morgan fingerprint density at radius 3 is 2.09 bits per heavy atom. The highest BCUT2D eigenvalue weighted by atomic mass is 32.2. The Morgan fingerprint density at radius 2 is 1.43 bits per heavy atom. The Bertz CT molecular complexity index is 1270. The van der Waals surface area contributed by atoms with Crippen molar-refractivity contribution in [1.29, 1.82) is 0 Å². The second-order valence-electron chi connectivity index (χ2n) is 8.63. The van der Waals surface area contributed by atoms with Gasteiger partial charge >= 0.3 is 0 Å². The summed E-state index contributed by atoms with van der Waals surface area (Å²) in [5, 5.41) is 5.87. The standard InChI is InChI=1S/C27H29N3O4S/c1-20(21-10-4-2-5-11-21)28-27(32)24-14-8-9-15-25(24)29-26(31)22-16-18-30(19-17-22)35(33,34)23-12-6-3-7-13-23/h2-15,20,22H,16-19H2,1H3,(H,28,32)(H,29,31)/t20-/m1/s1. The van der Waals surface area contributed by atoms with Crippen molar-refractivity contribution < 1.29 is 18.0 Å². The first-order valence-corrected chi connectivity index (χ1v) is 13.1. The van der Waals surface area contributed by atoms with Gasteiger partial charge < -0.3 is 10.6 Å². The lowest BCUT2D eigenvalue weighted by Crippen LogP contribution is -2.41. The molecule has 3 aromatic carbocycles. The van der Waals surface area contributed by atoms with Crippen LogP contribution in [-0.2, 0) is 14.8 Å². The highest BCUT2D eigenvalue weighted by Gasteiger charge is 2.32. The predicted molar refractivity (Wildman–Crippen MR) is 135 cm³/mol. The number of piperidine rings is 1. The molecule has 35 heavy (non-hydrogen) atoms. The van der Waals surface area contributed by atoms with E-state index in [1.54, 1.807) is 54.6 Å². The number of carbonyl (C=O) groups excluding carboxylic acids is 2. The summed E-state index contributed by atoms with van der Waals surface area (Å²) in [6, 6.07) is 24.7. The van der Waals surface area contributed by atoms with Crippen molar-refractivity contribution in [2.24, 2.45) is 5.92 Å². The Labute approximate surface area is 206 Å². The zero-order chi connectivity index (χ0) is 24.8. The van der Waals surface area contributed by atoms with Crippen LogP contribution in [0.2, 0.25) is 0 Å². The molecule has 2 N–H and O–H groups in total. The van der Waals surface area contributed by atoms with Crippen molar-refractivity contribution in [2.75, 3.05) is 18.4 Å². The molecule has 0 spiro atoms. The Balaban J connectivity index is 1.38. The summed E-state index contributed by atoms with van der Waals surface area (Å²) < 4.78 is 27.1. The van der Waals surface area contributed by atoms with Gasteiger partial charge in [0, 0.05) is 19.0 Å². The van der Waals surface area contributed by atoms with Crippen LogP contribution >= 0.6 is 0 Å². The Kier molecular flexibility index (Phi) is 7.63. The molecule has 1 aliphatic rings. The van der Waals surface area contributed by atoms with Gasteiger partial charge in [0.1, 0.15) is 0 Å². The number of anilines is 1. The average molecular weight is 492 g/mol. The maximum atomic E-state index is 13.0. The minimum Gasteiger partial charge on any atom is -0.345 e. The monoisotopic (exact) mass is 491 g/mol. The molecule has 2 amide bonds. The summed E-state index contributed by atoms with van der Waals surface area (Å²) in [6.07, 6.45) is 0.828. The minimum atomic E-state index is -3.57. The summed E-state index contributed by atoms with van der Waals surface area (Å²) in [5.74, 6) is -0.823. The van der Waals surface area contributed by atoms with E-state index in [9.17, 15) is 18.0 Å². The highest BCUT2D eigenvalue weighted by Crippen LogP contribution is 2.26. The first kappa shape index (κ1) is 24.6. The van der Waals surface area contributed by atoms with Crippen molar-refractivity contribution in [2.45, 2.75) is 30.7 Å². The normalized spacial score (nSPS) is 15.8. The molecule has 0 radical (unpaired) electrons. The molecule has 0 bridgehead atoms. The van der Waals surface area contributed by atoms with Gasteiger partial charge in [-0.15, -0.1) is 0 Å². The van der Waals surface area contributed by atoms with Gasteiger partial charge in [-0.25, -0.2) is 8.42 Å². The molecule has 3 aromatic rings. The number of nitrogens with zero attached hydrogens (tertiary/aromatic N) is 1. The average Bonchev–Trinajstić information content (AvgIpc) is 2.90. The third kappa shape index (κ3) is 5.78. The molecule has 1 heterocycles. The summed E-state index contributed by atoms with van der Waals surface area (Å²) in [4.78, 5) is 26.2. The smallest absolute Gasteiger partial charge is 0.253 e. The fourth-order valence-electron chi connectivity index (χ4n) is 4.22. The molecule has 0 aliphatic carbocycles. The van der Waals surface area contributed by atoms with E-state index >= 15 is 0 Å². The van der Waals surface area contributed by atoms with Gasteiger partial charge in [0.15, 0.2) is 0 Å². The van der Waals surface area contributed by atoms with Crippen LogP contribution in [0.15, 0.2) is 89.8 Å². The van der Waals surface area contributed by atoms with Gasteiger partial charge in [0.25, 0.3) is 5.91 Å². The van der Waals surface area contributed by atoms with E-state index in [1.807, 2.05) is 37.3 Å². The van der Waals surface area contributed by atoms with Crippen molar-refractivity contribution in [3.05, 3.63) is 96.1 Å². The van der Waals surface area contributed by atoms with Crippen LogP contribution in [0.5, 0.6) is 0 Å². The lowest BCUT2D eigenvalue weighted by molar-refractivity contribution is -0.120. The molecule has 0 unspecified atom stereocenters. The molecule has 0 aromatic heterocycles. The quantitative estimate of drug-likeness (QED) is 0.517. The number of para-hydroxylation sites is 1. The zero-order valence-corrected chi connectivity index (χ0v) is 20.4. The van der Waals surface area contributed by atoms with E-state index < -0.39 is 10.0 Å². The lowest BCUT2D eigenvalue weighted by Gasteiger charge is -2.30. The van der Waals surface area contributed by atoms with Crippen LogP contribution in [0, 0.1) is 5.92 Å². The van der Waals surface area contributed by atoms with Crippen LogP contribution in [0.4, 0.5) is 5.69 Å². The zero-order valence-electron chi connectivity index (χ0n) is 19.6. The van der Waals surface area contributed by atoms with Crippen LogP contribution in [0.3, 0.4) is 0 Å². The second-order valence-corrected chi connectivity index (χ2v) is 10.6. The first-order chi connectivity index (χ1) is 16.9. The number of hydrogen-bond acceptors (Lipinski definition) is 4. The molecule has 7 nitrogen and oxygen atoms in total. The topological polar surface area (TPSA) is 95.6 Å².